The SMILES string of the molecule is NC(=NCCNC(=O)c1cccc(Br)c1)Nc1ccccc1. The van der Waals surface area contributed by atoms with E-state index in [1.807, 2.05) is 42.5 Å². The first kappa shape index (κ1) is 16.0. The van der Waals surface area contributed by atoms with Crippen LogP contribution in [0, 0.1) is 0 Å². The first-order valence-corrected chi connectivity index (χ1v) is 7.60. The van der Waals surface area contributed by atoms with Gasteiger partial charge >= 0.3 is 0 Å². The molecule has 2 aromatic carbocycles. The minimum atomic E-state index is -0.133. The maximum atomic E-state index is 11.9. The highest BCUT2D eigenvalue weighted by Gasteiger charge is 2.04. The number of nitrogens with zero attached hydrogens (tertiary/aromatic N) is 1. The number of anilines is 1. The van der Waals surface area contributed by atoms with Crippen LogP contribution >= 0.6 is 15.9 Å². The Kier molecular flexibility index (Phi) is 5.97. The zero-order valence-corrected chi connectivity index (χ0v) is 13.5. The number of benzene rings is 2. The molecule has 0 fully saturated rings. The number of rotatable bonds is 5. The van der Waals surface area contributed by atoms with E-state index < -0.39 is 0 Å². The van der Waals surface area contributed by atoms with Gasteiger partial charge < -0.3 is 16.4 Å². The lowest BCUT2D eigenvalue weighted by Gasteiger charge is -2.06. The third-order valence-electron chi connectivity index (χ3n) is 2.81. The summed E-state index contributed by atoms with van der Waals surface area (Å²) >= 11 is 3.34. The van der Waals surface area contributed by atoms with Gasteiger partial charge in [-0.15, -0.1) is 0 Å². The van der Waals surface area contributed by atoms with Gasteiger partial charge in [0.2, 0.25) is 0 Å². The van der Waals surface area contributed by atoms with Crippen LogP contribution in [0.15, 0.2) is 64.1 Å². The van der Waals surface area contributed by atoms with Gasteiger partial charge in [-0.1, -0.05) is 40.2 Å². The molecule has 0 spiro atoms. The van der Waals surface area contributed by atoms with Crippen molar-refractivity contribution in [2.75, 3.05) is 18.4 Å². The third kappa shape index (κ3) is 5.21. The van der Waals surface area contributed by atoms with E-state index in [1.165, 1.54) is 0 Å². The van der Waals surface area contributed by atoms with Crippen LogP contribution in [0.4, 0.5) is 5.69 Å². The Morgan fingerprint density at radius 1 is 1.14 bits per heavy atom. The van der Waals surface area contributed by atoms with E-state index in [0.717, 1.165) is 10.2 Å². The molecule has 1 amide bonds. The summed E-state index contributed by atoms with van der Waals surface area (Å²) in [6.07, 6.45) is 0. The van der Waals surface area contributed by atoms with Crippen molar-refractivity contribution in [3.05, 3.63) is 64.6 Å². The second kappa shape index (κ2) is 8.19. The number of guanidine groups is 1. The first-order valence-electron chi connectivity index (χ1n) is 6.81. The molecular formula is C16H17BrN4O. The number of halogens is 1. The van der Waals surface area contributed by atoms with Crippen LogP contribution in [-0.4, -0.2) is 25.0 Å². The summed E-state index contributed by atoms with van der Waals surface area (Å²) in [4.78, 5) is 16.1. The summed E-state index contributed by atoms with van der Waals surface area (Å²) < 4.78 is 0.870. The quantitative estimate of drug-likeness (QED) is 0.435. The lowest BCUT2D eigenvalue weighted by Crippen LogP contribution is -2.28. The number of hydrogen-bond donors (Lipinski definition) is 3. The Hall–Kier alpha value is -2.34. The topological polar surface area (TPSA) is 79.5 Å². The summed E-state index contributed by atoms with van der Waals surface area (Å²) in [5, 5.41) is 5.77. The van der Waals surface area contributed by atoms with Crippen LogP contribution in [0.5, 0.6) is 0 Å². The van der Waals surface area contributed by atoms with Gasteiger partial charge in [0.15, 0.2) is 5.96 Å². The average Bonchev–Trinajstić information content (AvgIpc) is 2.52. The van der Waals surface area contributed by atoms with E-state index in [1.54, 1.807) is 12.1 Å². The largest absolute Gasteiger partial charge is 0.370 e. The second-order valence-corrected chi connectivity index (χ2v) is 5.44. The smallest absolute Gasteiger partial charge is 0.251 e. The Bertz CT molecular complexity index is 658. The van der Waals surface area contributed by atoms with Gasteiger partial charge in [0.1, 0.15) is 0 Å². The number of nitrogens with two attached hydrogens (primary N) is 1. The molecule has 0 saturated carbocycles. The van der Waals surface area contributed by atoms with E-state index in [0.29, 0.717) is 24.6 Å². The average molecular weight is 361 g/mol. The van der Waals surface area contributed by atoms with Crippen molar-refractivity contribution in [2.24, 2.45) is 10.7 Å². The Morgan fingerprint density at radius 2 is 1.91 bits per heavy atom. The number of hydrogen-bond acceptors (Lipinski definition) is 2. The Labute approximate surface area is 137 Å². The fraction of sp³-hybridized carbons (Fsp3) is 0.125. The molecule has 2 aromatic rings. The molecule has 0 aliphatic rings. The van der Waals surface area contributed by atoms with Gasteiger partial charge in [0, 0.05) is 22.3 Å². The van der Waals surface area contributed by atoms with E-state index in [2.05, 4.69) is 31.6 Å². The van der Waals surface area contributed by atoms with Gasteiger partial charge in [-0.2, -0.15) is 0 Å². The zero-order valence-electron chi connectivity index (χ0n) is 11.9. The van der Waals surface area contributed by atoms with Gasteiger partial charge in [0.05, 0.1) is 6.54 Å². The Balaban J connectivity index is 1.76. The molecule has 0 atom stereocenters. The standard InChI is InChI=1S/C16H17BrN4O/c17-13-6-4-5-12(11-13)15(22)19-9-10-20-16(18)21-14-7-2-1-3-8-14/h1-8,11H,9-10H2,(H,19,22)(H3,18,20,21). The van der Waals surface area contributed by atoms with Crippen molar-refractivity contribution in [3.8, 4) is 0 Å². The van der Waals surface area contributed by atoms with E-state index in [-0.39, 0.29) is 5.91 Å². The van der Waals surface area contributed by atoms with E-state index in [9.17, 15) is 4.79 Å². The number of nitrogens with one attached hydrogen (secondary N) is 2. The van der Waals surface area contributed by atoms with Crippen molar-refractivity contribution in [1.29, 1.82) is 0 Å². The zero-order chi connectivity index (χ0) is 15.8. The van der Waals surface area contributed by atoms with Crippen LogP contribution in [-0.2, 0) is 0 Å². The van der Waals surface area contributed by atoms with Crippen LogP contribution < -0.4 is 16.4 Å². The summed E-state index contributed by atoms with van der Waals surface area (Å²) in [5.74, 6) is 0.189. The highest BCUT2D eigenvalue weighted by molar-refractivity contribution is 9.10. The molecular weight excluding hydrogens is 344 g/mol. The third-order valence-corrected chi connectivity index (χ3v) is 3.31. The first-order chi connectivity index (χ1) is 10.6. The van der Waals surface area contributed by atoms with Crippen LogP contribution in [0.2, 0.25) is 0 Å². The van der Waals surface area contributed by atoms with E-state index >= 15 is 0 Å². The number of aliphatic imine (C=N–C) groups is 1. The lowest BCUT2D eigenvalue weighted by atomic mass is 10.2. The molecule has 0 unspecified atom stereocenters. The van der Waals surface area contributed by atoms with Crippen molar-refractivity contribution in [2.45, 2.75) is 0 Å². The van der Waals surface area contributed by atoms with Crippen LogP contribution in [0.25, 0.3) is 0 Å². The monoisotopic (exact) mass is 360 g/mol. The van der Waals surface area contributed by atoms with Crippen molar-refractivity contribution in [3.63, 3.8) is 0 Å². The second-order valence-electron chi connectivity index (χ2n) is 4.52. The summed E-state index contributed by atoms with van der Waals surface area (Å²) in [5.41, 5.74) is 7.26. The van der Waals surface area contributed by atoms with Gasteiger partial charge in [0.25, 0.3) is 5.91 Å². The van der Waals surface area contributed by atoms with Crippen molar-refractivity contribution >= 4 is 33.5 Å². The lowest BCUT2D eigenvalue weighted by molar-refractivity contribution is 0.0954. The van der Waals surface area contributed by atoms with Crippen molar-refractivity contribution < 1.29 is 4.79 Å². The summed E-state index contributed by atoms with van der Waals surface area (Å²) in [6.45, 7) is 0.827. The van der Waals surface area contributed by atoms with Gasteiger partial charge in [-0.3, -0.25) is 9.79 Å². The molecule has 114 valence electrons. The molecule has 2 rings (SSSR count). The number of amides is 1. The maximum absolute atomic E-state index is 11.9. The molecule has 22 heavy (non-hydrogen) atoms. The molecule has 0 aromatic heterocycles. The molecule has 0 saturated heterocycles. The minimum absolute atomic E-state index is 0.133. The molecule has 6 heteroatoms. The highest BCUT2D eigenvalue weighted by atomic mass is 79.9. The number of carbonyl (C=O) groups excluding carboxylic acids is 1. The summed E-state index contributed by atoms with van der Waals surface area (Å²) in [6, 6.07) is 16.8. The maximum Gasteiger partial charge on any atom is 0.251 e. The summed E-state index contributed by atoms with van der Waals surface area (Å²) in [7, 11) is 0. The van der Waals surface area contributed by atoms with Gasteiger partial charge in [-0.05, 0) is 30.3 Å². The predicted octanol–water partition coefficient (Wildman–Crippen LogP) is 2.61. The predicted molar refractivity (Wildman–Crippen MR) is 93.0 cm³/mol. The highest BCUT2D eigenvalue weighted by Crippen LogP contribution is 2.11. The van der Waals surface area contributed by atoms with Gasteiger partial charge in [-0.25, -0.2) is 0 Å². The minimum Gasteiger partial charge on any atom is -0.370 e. The number of carbonyl (C=O) groups is 1. The molecule has 0 bridgehead atoms. The molecule has 0 aliphatic heterocycles. The molecule has 0 aliphatic carbocycles. The fourth-order valence-corrected chi connectivity index (χ4v) is 2.19. The molecule has 5 nitrogen and oxygen atoms in total. The Morgan fingerprint density at radius 3 is 2.64 bits per heavy atom. The van der Waals surface area contributed by atoms with Crippen LogP contribution in [0.3, 0.4) is 0 Å². The number of para-hydroxylation sites is 1. The van der Waals surface area contributed by atoms with Crippen LogP contribution in [0.1, 0.15) is 10.4 Å². The normalized spacial score (nSPS) is 11.0. The fourth-order valence-electron chi connectivity index (χ4n) is 1.79. The van der Waals surface area contributed by atoms with Crippen molar-refractivity contribution in [1.82, 2.24) is 5.32 Å². The molecule has 4 N–H and O–H groups in total. The molecule has 0 heterocycles. The van der Waals surface area contributed by atoms with E-state index in [4.69, 9.17) is 5.73 Å². The molecule has 0 radical (unpaired) electrons.